The van der Waals surface area contributed by atoms with Crippen LogP contribution < -0.4 is 14.8 Å². The Morgan fingerprint density at radius 1 is 0.926 bits per heavy atom. The van der Waals surface area contributed by atoms with Gasteiger partial charge in [-0.2, -0.15) is 0 Å². The average molecular weight is 359 g/mol. The molecule has 27 heavy (non-hydrogen) atoms. The highest BCUT2D eigenvalue weighted by Gasteiger charge is 2.06. The van der Waals surface area contributed by atoms with E-state index in [1.165, 1.54) is 6.08 Å². The fourth-order valence-corrected chi connectivity index (χ4v) is 2.51. The molecule has 0 radical (unpaired) electrons. The summed E-state index contributed by atoms with van der Waals surface area (Å²) in [4.78, 5) is 12.0. The summed E-state index contributed by atoms with van der Waals surface area (Å²) in [6.07, 6.45) is 3.26. The Hall–Kier alpha value is -3.53. The summed E-state index contributed by atoms with van der Waals surface area (Å²) in [7, 11) is 1.60. The van der Waals surface area contributed by atoms with E-state index in [1.807, 2.05) is 78.9 Å². The molecule has 0 heterocycles. The van der Waals surface area contributed by atoms with Crippen LogP contribution in [0.1, 0.15) is 11.1 Å². The molecule has 1 N–H and O–H groups in total. The number of methoxy groups -OCH3 is 1. The van der Waals surface area contributed by atoms with E-state index in [1.54, 1.807) is 13.2 Å². The summed E-state index contributed by atoms with van der Waals surface area (Å²) in [5.74, 6) is 1.79. The van der Waals surface area contributed by atoms with Crippen LogP contribution >= 0.6 is 0 Å². The number of nitrogens with one attached hydrogen (secondary N) is 1. The molecule has 0 saturated carbocycles. The van der Waals surface area contributed by atoms with Gasteiger partial charge in [-0.15, -0.1) is 0 Å². The van der Waals surface area contributed by atoms with Crippen molar-refractivity contribution in [3.05, 3.63) is 96.1 Å². The minimum absolute atomic E-state index is 0.153. The number of ether oxygens (including phenoxy) is 2. The lowest BCUT2D eigenvalue weighted by Crippen LogP contribution is -2.20. The van der Waals surface area contributed by atoms with Gasteiger partial charge in [0, 0.05) is 12.6 Å². The summed E-state index contributed by atoms with van der Waals surface area (Å²) in [6.45, 7) is 0.495. The van der Waals surface area contributed by atoms with Crippen LogP contribution in [0.4, 0.5) is 0 Å². The van der Waals surface area contributed by atoms with Crippen LogP contribution in [0, 0.1) is 0 Å². The third-order valence-corrected chi connectivity index (χ3v) is 3.90. The van der Waals surface area contributed by atoms with Gasteiger partial charge in [0.05, 0.1) is 7.11 Å². The zero-order valence-corrected chi connectivity index (χ0v) is 15.1. The highest BCUT2D eigenvalue weighted by atomic mass is 16.5. The average Bonchev–Trinajstić information content (AvgIpc) is 2.72. The first kappa shape index (κ1) is 18.3. The smallest absolute Gasteiger partial charge is 0.244 e. The molecule has 0 unspecified atom stereocenters. The van der Waals surface area contributed by atoms with Crippen molar-refractivity contribution >= 4 is 12.0 Å². The second-order valence-electron chi connectivity index (χ2n) is 5.86. The number of carbonyl (C=O) groups is 1. The number of hydrogen-bond acceptors (Lipinski definition) is 3. The molecular weight excluding hydrogens is 338 g/mol. The Labute approximate surface area is 159 Å². The van der Waals surface area contributed by atoms with Crippen LogP contribution in [0.25, 0.3) is 6.08 Å². The minimum Gasteiger partial charge on any atom is -0.493 e. The third-order valence-electron chi connectivity index (χ3n) is 3.90. The van der Waals surface area contributed by atoms with Gasteiger partial charge in [0.25, 0.3) is 0 Å². The molecule has 0 aliphatic heterocycles. The van der Waals surface area contributed by atoms with E-state index in [9.17, 15) is 4.79 Å². The predicted molar refractivity (Wildman–Crippen MR) is 107 cm³/mol. The van der Waals surface area contributed by atoms with Crippen LogP contribution in [-0.2, 0) is 11.3 Å². The zero-order chi connectivity index (χ0) is 18.9. The molecule has 136 valence electrons. The fourth-order valence-electron chi connectivity index (χ4n) is 2.51. The SMILES string of the molecule is COc1ccc(/C=C/C(=O)NCc2ccccc2)cc1Oc1ccccc1. The van der Waals surface area contributed by atoms with Crippen LogP contribution in [0.3, 0.4) is 0 Å². The first-order valence-electron chi connectivity index (χ1n) is 8.65. The van der Waals surface area contributed by atoms with Crippen molar-refractivity contribution in [1.29, 1.82) is 0 Å². The van der Waals surface area contributed by atoms with Gasteiger partial charge >= 0.3 is 0 Å². The lowest BCUT2D eigenvalue weighted by Gasteiger charge is -2.11. The van der Waals surface area contributed by atoms with Crippen molar-refractivity contribution in [3.8, 4) is 17.2 Å². The van der Waals surface area contributed by atoms with Crippen LogP contribution in [0.2, 0.25) is 0 Å². The van der Waals surface area contributed by atoms with E-state index in [0.717, 1.165) is 16.9 Å². The molecule has 3 aromatic carbocycles. The molecule has 0 bridgehead atoms. The van der Waals surface area contributed by atoms with Crippen molar-refractivity contribution in [3.63, 3.8) is 0 Å². The molecule has 0 fully saturated rings. The van der Waals surface area contributed by atoms with E-state index >= 15 is 0 Å². The monoisotopic (exact) mass is 359 g/mol. The minimum atomic E-state index is -0.153. The lowest BCUT2D eigenvalue weighted by atomic mass is 10.2. The Bertz CT molecular complexity index is 905. The molecule has 3 aromatic rings. The highest BCUT2D eigenvalue weighted by Crippen LogP contribution is 2.32. The summed E-state index contributed by atoms with van der Waals surface area (Å²) in [5, 5.41) is 2.86. The number of rotatable bonds is 7. The van der Waals surface area contributed by atoms with Gasteiger partial charge in [-0.3, -0.25) is 4.79 Å². The number of amides is 1. The van der Waals surface area contributed by atoms with Crippen LogP contribution in [-0.4, -0.2) is 13.0 Å². The first-order chi connectivity index (χ1) is 13.2. The topological polar surface area (TPSA) is 47.6 Å². The quantitative estimate of drug-likeness (QED) is 0.616. The normalized spacial score (nSPS) is 10.6. The predicted octanol–water partition coefficient (Wildman–Crippen LogP) is 4.82. The zero-order valence-electron chi connectivity index (χ0n) is 15.1. The molecule has 0 aliphatic carbocycles. The van der Waals surface area contributed by atoms with Gasteiger partial charge in [0.1, 0.15) is 5.75 Å². The first-order valence-corrected chi connectivity index (χ1v) is 8.65. The summed E-state index contributed by atoms with van der Waals surface area (Å²) >= 11 is 0. The number of hydrogen-bond donors (Lipinski definition) is 1. The Kier molecular flexibility index (Phi) is 6.26. The summed E-state index contributed by atoms with van der Waals surface area (Å²) < 4.78 is 11.3. The molecule has 0 atom stereocenters. The van der Waals surface area contributed by atoms with Gasteiger partial charge in [0.2, 0.25) is 5.91 Å². The van der Waals surface area contributed by atoms with Crippen molar-refractivity contribution in [2.75, 3.05) is 7.11 Å². The molecule has 0 aliphatic rings. The summed E-state index contributed by atoms with van der Waals surface area (Å²) in [6, 6.07) is 24.8. The van der Waals surface area contributed by atoms with E-state index in [2.05, 4.69) is 5.32 Å². The van der Waals surface area contributed by atoms with E-state index in [-0.39, 0.29) is 5.91 Å². The molecule has 1 amide bonds. The standard InChI is InChI=1S/C23H21NO3/c1-26-21-14-12-18(16-22(21)27-20-10-6-3-7-11-20)13-15-23(25)24-17-19-8-4-2-5-9-19/h2-16H,17H2,1H3,(H,24,25)/b15-13+. The maximum absolute atomic E-state index is 12.0. The molecular formula is C23H21NO3. The number of benzene rings is 3. The maximum Gasteiger partial charge on any atom is 0.244 e. The second kappa shape index (κ2) is 9.25. The molecule has 0 aromatic heterocycles. The number of para-hydroxylation sites is 1. The lowest BCUT2D eigenvalue weighted by molar-refractivity contribution is -0.116. The fraction of sp³-hybridized carbons (Fsp3) is 0.0870. The maximum atomic E-state index is 12.0. The van der Waals surface area contributed by atoms with E-state index in [0.29, 0.717) is 18.0 Å². The largest absolute Gasteiger partial charge is 0.493 e. The van der Waals surface area contributed by atoms with Crippen LogP contribution in [0.15, 0.2) is 84.9 Å². The molecule has 4 nitrogen and oxygen atoms in total. The Balaban J connectivity index is 1.66. The third kappa shape index (κ3) is 5.47. The van der Waals surface area contributed by atoms with Gasteiger partial charge in [-0.25, -0.2) is 0 Å². The van der Waals surface area contributed by atoms with Crippen molar-refractivity contribution < 1.29 is 14.3 Å². The highest BCUT2D eigenvalue weighted by molar-refractivity contribution is 5.91. The summed E-state index contributed by atoms with van der Waals surface area (Å²) in [5.41, 5.74) is 1.90. The van der Waals surface area contributed by atoms with Gasteiger partial charge in [-0.1, -0.05) is 54.6 Å². The molecule has 4 heteroatoms. The van der Waals surface area contributed by atoms with Crippen molar-refractivity contribution in [2.45, 2.75) is 6.54 Å². The van der Waals surface area contributed by atoms with E-state index in [4.69, 9.17) is 9.47 Å². The number of carbonyl (C=O) groups excluding carboxylic acids is 1. The Morgan fingerprint density at radius 2 is 1.63 bits per heavy atom. The Morgan fingerprint density at radius 3 is 2.33 bits per heavy atom. The molecule has 0 spiro atoms. The van der Waals surface area contributed by atoms with Gasteiger partial charge < -0.3 is 14.8 Å². The molecule has 3 rings (SSSR count). The van der Waals surface area contributed by atoms with E-state index < -0.39 is 0 Å². The second-order valence-corrected chi connectivity index (χ2v) is 5.86. The van der Waals surface area contributed by atoms with Gasteiger partial charge in [0.15, 0.2) is 11.5 Å². The van der Waals surface area contributed by atoms with Gasteiger partial charge in [-0.05, 0) is 41.5 Å². The van der Waals surface area contributed by atoms with Crippen molar-refractivity contribution in [2.24, 2.45) is 0 Å². The molecule has 0 saturated heterocycles. The van der Waals surface area contributed by atoms with Crippen LogP contribution in [0.5, 0.6) is 17.2 Å². The van der Waals surface area contributed by atoms with Crippen molar-refractivity contribution in [1.82, 2.24) is 5.32 Å².